The van der Waals surface area contributed by atoms with E-state index in [1.807, 2.05) is 0 Å². The fourth-order valence-corrected chi connectivity index (χ4v) is 2.79. The van der Waals surface area contributed by atoms with E-state index in [9.17, 15) is 22.8 Å². The summed E-state index contributed by atoms with van der Waals surface area (Å²) in [5.41, 5.74) is 0.395. The van der Waals surface area contributed by atoms with E-state index < -0.39 is 22.8 Å². The van der Waals surface area contributed by atoms with Gasteiger partial charge in [-0.15, -0.1) is 0 Å². The second-order valence-corrected chi connectivity index (χ2v) is 5.90. The molecule has 0 fully saturated rings. The molecule has 0 spiro atoms. The van der Waals surface area contributed by atoms with Gasteiger partial charge in [0.25, 0.3) is 0 Å². The second kappa shape index (κ2) is 6.40. The molecule has 2 N–H and O–H groups in total. The number of nitrogens with one attached hydrogen (secondary N) is 2. The lowest BCUT2D eigenvalue weighted by Gasteiger charge is -2.28. The van der Waals surface area contributed by atoms with Crippen LogP contribution < -0.4 is 10.9 Å². The molecule has 2 aromatic rings. The number of fused-ring (bicyclic) bond motifs is 1. The molecule has 0 saturated carbocycles. The van der Waals surface area contributed by atoms with Crippen molar-refractivity contribution in [2.24, 2.45) is 0 Å². The Labute approximate surface area is 144 Å². The highest BCUT2D eigenvalue weighted by atomic mass is 35.5. The van der Waals surface area contributed by atoms with Gasteiger partial charge in [0.15, 0.2) is 0 Å². The lowest BCUT2D eigenvalue weighted by molar-refractivity contribution is -0.137. The summed E-state index contributed by atoms with van der Waals surface area (Å²) in [7, 11) is 0. The quantitative estimate of drug-likeness (QED) is 0.807. The van der Waals surface area contributed by atoms with Gasteiger partial charge >= 0.3 is 12.2 Å². The van der Waals surface area contributed by atoms with Gasteiger partial charge in [-0.3, -0.25) is 10.1 Å². The Morgan fingerprint density at radius 2 is 2.08 bits per heavy atom. The molecular formula is C15H12ClF3N4O2. The number of nitrogens with zero attached hydrogens (tertiary/aromatic N) is 2. The van der Waals surface area contributed by atoms with Crippen molar-refractivity contribution in [3.05, 3.63) is 56.6 Å². The lowest BCUT2D eigenvalue weighted by atomic mass is 10.0. The van der Waals surface area contributed by atoms with Crippen LogP contribution in [0.1, 0.15) is 16.7 Å². The smallest absolute Gasteiger partial charge is 0.329 e. The van der Waals surface area contributed by atoms with E-state index in [0.29, 0.717) is 19.2 Å². The number of aromatic nitrogens is 2. The summed E-state index contributed by atoms with van der Waals surface area (Å²) in [5, 5.41) is 1.88. The van der Waals surface area contributed by atoms with Gasteiger partial charge in [0, 0.05) is 37.6 Å². The zero-order valence-electron chi connectivity index (χ0n) is 12.7. The average Bonchev–Trinajstić information content (AvgIpc) is 2.53. The van der Waals surface area contributed by atoms with Gasteiger partial charge < -0.3 is 9.88 Å². The van der Waals surface area contributed by atoms with Crippen LogP contribution >= 0.6 is 11.6 Å². The molecule has 3 rings (SSSR count). The molecule has 3 heterocycles. The SMILES string of the molecule is O=C(Nc1cc(Cl)c(C(F)(F)F)cn1)N1CCc2cc(=O)[nH]cc2C1. The van der Waals surface area contributed by atoms with Crippen molar-refractivity contribution in [2.75, 3.05) is 11.9 Å². The normalized spacial score (nSPS) is 14.2. The highest BCUT2D eigenvalue weighted by Gasteiger charge is 2.34. The van der Waals surface area contributed by atoms with Crippen LogP contribution in [0.25, 0.3) is 0 Å². The third-order valence-corrected chi connectivity index (χ3v) is 4.11. The number of anilines is 1. The van der Waals surface area contributed by atoms with Crippen LogP contribution in [0.4, 0.5) is 23.8 Å². The summed E-state index contributed by atoms with van der Waals surface area (Å²) in [6, 6.07) is 1.93. The van der Waals surface area contributed by atoms with Crippen molar-refractivity contribution in [1.29, 1.82) is 0 Å². The second-order valence-electron chi connectivity index (χ2n) is 5.50. The molecule has 1 aliphatic rings. The molecule has 25 heavy (non-hydrogen) atoms. The molecule has 2 aromatic heterocycles. The number of aromatic amines is 1. The minimum atomic E-state index is -4.61. The number of rotatable bonds is 1. The Bertz CT molecular complexity index is 882. The van der Waals surface area contributed by atoms with Crippen molar-refractivity contribution >= 4 is 23.4 Å². The minimum absolute atomic E-state index is 0.0738. The van der Waals surface area contributed by atoms with Gasteiger partial charge in [-0.2, -0.15) is 13.2 Å². The molecule has 0 bridgehead atoms. The standard InChI is InChI=1S/C15H12ClF3N4O2/c16-11-4-12(20-6-10(11)15(17,18)19)22-14(25)23-2-1-8-3-13(24)21-5-9(8)7-23/h3-6H,1-2,7H2,(H,21,24)(H,20,22,25). The van der Waals surface area contributed by atoms with Crippen LogP contribution in [-0.2, 0) is 19.1 Å². The highest BCUT2D eigenvalue weighted by Crippen LogP contribution is 2.34. The maximum absolute atomic E-state index is 12.7. The Kier molecular flexibility index (Phi) is 4.42. The Balaban J connectivity index is 1.72. The predicted octanol–water partition coefficient (Wildman–Crippen LogP) is 3.03. The summed E-state index contributed by atoms with van der Waals surface area (Å²) in [5.74, 6) is -0.0738. The van der Waals surface area contributed by atoms with Crippen LogP contribution in [0.15, 0.2) is 29.3 Å². The number of carbonyl (C=O) groups excluding carboxylic acids is 1. The fraction of sp³-hybridized carbons (Fsp3) is 0.267. The van der Waals surface area contributed by atoms with E-state index in [4.69, 9.17) is 11.6 Å². The summed E-state index contributed by atoms with van der Waals surface area (Å²) >= 11 is 5.61. The Morgan fingerprint density at radius 1 is 1.32 bits per heavy atom. The maximum atomic E-state index is 12.7. The molecule has 10 heteroatoms. The van der Waals surface area contributed by atoms with Crippen molar-refractivity contribution in [3.63, 3.8) is 0 Å². The summed E-state index contributed by atoms with van der Waals surface area (Å²) in [6.07, 6.45) is -1.98. The maximum Gasteiger partial charge on any atom is 0.419 e. The summed E-state index contributed by atoms with van der Waals surface area (Å²) in [4.78, 5) is 31.2. The molecule has 6 nitrogen and oxygen atoms in total. The van der Waals surface area contributed by atoms with E-state index in [-0.39, 0.29) is 17.9 Å². The molecule has 0 saturated heterocycles. The number of hydrogen-bond acceptors (Lipinski definition) is 3. The summed E-state index contributed by atoms with van der Waals surface area (Å²) in [6.45, 7) is 0.642. The topological polar surface area (TPSA) is 78.1 Å². The molecule has 2 amide bonds. The van der Waals surface area contributed by atoms with Gasteiger partial charge in [-0.05, 0) is 17.5 Å². The first-order valence-electron chi connectivity index (χ1n) is 7.23. The number of pyridine rings is 2. The van der Waals surface area contributed by atoms with Gasteiger partial charge in [0.1, 0.15) is 5.82 Å². The molecule has 0 aromatic carbocycles. The number of alkyl halides is 3. The number of hydrogen-bond donors (Lipinski definition) is 2. The van der Waals surface area contributed by atoms with Crippen LogP contribution in [-0.4, -0.2) is 27.4 Å². The predicted molar refractivity (Wildman–Crippen MR) is 84.4 cm³/mol. The third-order valence-electron chi connectivity index (χ3n) is 3.80. The zero-order chi connectivity index (χ0) is 18.2. The van der Waals surface area contributed by atoms with Crippen molar-refractivity contribution in [3.8, 4) is 0 Å². The first-order chi connectivity index (χ1) is 11.7. The van der Waals surface area contributed by atoms with Gasteiger partial charge in [0.2, 0.25) is 5.56 Å². The third kappa shape index (κ3) is 3.76. The van der Waals surface area contributed by atoms with Gasteiger partial charge in [-0.1, -0.05) is 11.6 Å². The molecule has 1 aliphatic heterocycles. The number of halogens is 4. The van der Waals surface area contributed by atoms with Gasteiger partial charge in [0.05, 0.1) is 10.6 Å². The molecular weight excluding hydrogens is 361 g/mol. The zero-order valence-corrected chi connectivity index (χ0v) is 13.4. The van der Waals surface area contributed by atoms with Crippen LogP contribution in [0.5, 0.6) is 0 Å². The van der Waals surface area contributed by atoms with Crippen molar-refractivity contribution in [2.45, 2.75) is 19.1 Å². The monoisotopic (exact) mass is 372 g/mol. The molecule has 132 valence electrons. The van der Waals surface area contributed by atoms with Crippen molar-refractivity contribution < 1.29 is 18.0 Å². The van der Waals surface area contributed by atoms with E-state index in [1.54, 1.807) is 6.20 Å². The van der Waals surface area contributed by atoms with Crippen molar-refractivity contribution in [1.82, 2.24) is 14.9 Å². The molecule has 0 atom stereocenters. The number of H-pyrrole nitrogens is 1. The van der Waals surface area contributed by atoms with Crippen LogP contribution in [0.2, 0.25) is 5.02 Å². The van der Waals surface area contributed by atoms with E-state index in [0.717, 1.165) is 17.2 Å². The van der Waals surface area contributed by atoms with E-state index in [2.05, 4.69) is 15.3 Å². The highest BCUT2D eigenvalue weighted by molar-refractivity contribution is 6.31. The summed E-state index contributed by atoms with van der Waals surface area (Å²) < 4.78 is 38.0. The molecule has 0 unspecified atom stereocenters. The lowest BCUT2D eigenvalue weighted by Crippen LogP contribution is -2.39. The first kappa shape index (κ1) is 17.3. The van der Waals surface area contributed by atoms with Crippen LogP contribution in [0.3, 0.4) is 0 Å². The Hall–Kier alpha value is -2.55. The fourth-order valence-electron chi connectivity index (χ4n) is 2.53. The number of amides is 2. The van der Waals surface area contributed by atoms with E-state index in [1.165, 1.54) is 11.0 Å². The number of carbonyl (C=O) groups is 1. The number of urea groups is 1. The largest absolute Gasteiger partial charge is 0.419 e. The Morgan fingerprint density at radius 3 is 2.76 bits per heavy atom. The van der Waals surface area contributed by atoms with Gasteiger partial charge in [-0.25, -0.2) is 9.78 Å². The molecule has 0 radical (unpaired) electrons. The minimum Gasteiger partial charge on any atom is -0.329 e. The molecule has 0 aliphatic carbocycles. The first-order valence-corrected chi connectivity index (χ1v) is 7.61. The van der Waals surface area contributed by atoms with E-state index >= 15 is 0 Å². The van der Waals surface area contributed by atoms with Crippen LogP contribution in [0, 0.1) is 0 Å². The average molecular weight is 373 g/mol.